The van der Waals surface area contributed by atoms with Gasteiger partial charge in [-0.15, -0.1) is 0 Å². The molecule has 0 aliphatic rings. The van der Waals surface area contributed by atoms with E-state index in [0.717, 1.165) is 0 Å². The molecule has 0 heterocycles. The van der Waals surface area contributed by atoms with E-state index < -0.39 is 6.10 Å². The summed E-state index contributed by atoms with van der Waals surface area (Å²) in [5.74, 6) is 0.403. The summed E-state index contributed by atoms with van der Waals surface area (Å²) in [6, 6.07) is 15.9. The van der Waals surface area contributed by atoms with E-state index in [-0.39, 0.29) is 11.7 Å². The maximum Gasteiger partial charge on any atom is 0.281 e. The van der Waals surface area contributed by atoms with Crippen LogP contribution in [0.2, 0.25) is 0 Å². The number of hydrogen-bond donors (Lipinski definition) is 2. The normalized spacial score (nSPS) is 12.0. The van der Waals surface area contributed by atoms with Crippen molar-refractivity contribution in [3.05, 3.63) is 60.2 Å². The number of rotatable bonds is 6. The summed E-state index contributed by atoms with van der Waals surface area (Å²) in [5, 5.41) is 13.4. The third kappa shape index (κ3) is 4.34. The summed E-state index contributed by atoms with van der Waals surface area (Å²) in [6.07, 6.45) is 1.29. The molecule has 0 aromatic heterocycles. The SMILES string of the molecule is CCC(Oc1ccccc1)C(=O)N/N=C/c1ccccc1O. The van der Waals surface area contributed by atoms with Gasteiger partial charge in [-0.3, -0.25) is 4.79 Å². The van der Waals surface area contributed by atoms with E-state index >= 15 is 0 Å². The highest BCUT2D eigenvalue weighted by atomic mass is 16.5. The van der Waals surface area contributed by atoms with Crippen LogP contribution in [0, 0.1) is 0 Å². The van der Waals surface area contributed by atoms with Crippen LogP contribution in [0.1, 0.15) is 18.9 Å². The zero-order valence-corrected chi connectivity index (χ0v) is 12.3. The highest BCUT2D eigenvalue weighted by Crippen LogP contribution is 2.13. The number of amides is 1. The molecule has 0 spiro atoms. The van der Waals surface area contributed by atoms with E-state index in [4.69, 9.17) is 4.74 Å². The third-order valence-corrected chi connectivity index (χ3v) is 3.00. The Balaban J connectivity index is 1.94. The lowest BCUT2D eigenvalue weighted by Gasteiger charge is -2.15. The Kier molecular flexibility index (Phi) is 5.54. The van der Waals surface area contributed by atoms with Crippen LogP contribution in [-0.4, -0.2) is 23.3 Å². The number of phenolic OH excluding ortho intramolecular Hbond substituents is 1. The molecule has 0 aliphatic carbocycles. The van der Waals surface area contributed by atoms with Crippen LogP contribution in [0.15, 0.2) is 59.7 Å². The van der Waals surface area contributed by atoms with Gasteiger partial charge in [-0.1, -0.05) is 37.3 Å². The van der Waals surface area contributed by atoms with Crippen molar-refractivity contribution in [2.75, 3.05) is 0 Å². The highest BCUT2D eigenvalue weighted by Gasteiger charge is 2.17. The Morgan fingerprint density at radius 2 is 1.91 bits per heavy atom. The molecule has 2 N–H and O–H groups in total. The molecular formula is C17H18N2O3. The van der Waals surface area contributed by atoms with Crippen LogP contribution in [0.25, 0.3) is 0 Å². The molecule has 2 aromatic carbocycles. The van der Waals surface area contributed by atoms with Crippen molar-refractivity contribution >= 4 is 12.1 Å². The van der Waals surface area contributed by atoms with Crippen molar-refractivity contribution < 1.29 is 14.6 Å². The standard InChI is InChI=1S/C17H18N2O3/c1-2-16(22-14-9-4-3-5-10-14)17(21)19-18-12-13-8-6-7-11-15(13)20/h3-12,16,20H,2H2,1H3,(H,19,21)/b18-12+. The van der Waals surface area contributed by atoms with E-state index in [1.54, 1.807) is 36.4 Å². The van der Waals surface area contributed by atoms with Crippen LogP contribution in [0.4, 0.5) is 0 Å². The smallest absolute Gasteiger partial charge is 0.281 e. The van der Waals surface area contributed by atoms with Crippen LogP contribution in [0.3, 0.4) is 0 Å². The number of para-hydroxylation sites is 2. The first-order chi connectivity index (χ1) is 10.7. The Bertz CT molecular complexity index is 641. The first-order valence-electron chi connectivity index (χ1n) is 7.03. The van der Waals surface area contributed by atoms with Gasteiger partial charge >= 0.3 is 0 Å². The minimum atomic E-state index is -0.621. The van der Waals surface area contributed by atoms with Gasteiger partial charge < -0.3 is 9.84 Å². The Hall–Kier alpha value is -2.82. The second kappa shape index (κ2) is 7.83. The minimum Gasteiger partial charge on any atom is -0.507 e. The van der Waals surface area contributed by atoms with Crippen molar-refractivity contribution in [2.45, 2.75) is 19.4 Å². The average molecular weight is 298 g/mol. The monoisotopic (exact) mass is 298 g/mol. The van der Waals surface area contributed by atoms with E-state index in [2.05, 4.69) is 10.5 Å². The van der Waals surface area contributed by atoms with Gasteiger partial charge in [0.25, 0.3) is 5.91 Å². The molecule has 22 heavy (non-hydrogen) atoms. The number of nitrogens with zero attached hydrogens (tertiary/aromatic N) is 1. The maximum absolute atomic E-state index is 12.0. The number of carbonyl (C=O) groups excluding carboxylic acids is 1. The number of aromatic hydroxyl groups is 1. The van der Waals surface area contributed by atoms with Gasteiger partial charge in [0, 0.05) is 5.56 Å². The lowest BCUT2D eigenvalue weighted by atomic mass is 10.2. The molecule has 2 aromatic rings. The van der Waals surface area contributed by atoms with E-state index in [1.165, 1.54) is 6.21 Å². The Morgan fingerprint density at radius 3 is 2.59 bits per heavy atom. The molecular weight excluding hydrogens is 280 g/mol. The number of phenols is 1. The van der Waals surface area contributed by atoms with Gasteiger partial charge in [-0.25, -0.2) is 5.43 Å². The molecule has 114 valence electrons. The van der Waals surface area contributed by atoms with E-state index in [9.17, 15) is 9.90 Å². The predicted molar refractivity (Wildman–Crippen MR) is 85.0 cm³/mol. The summed E-state index contributed by atoms with van der Waals surface area (Å²) in [7, 11) is 0. The van der Waals surface area contributed by atoms with Crippen LogP contribution >= 0.6 is 0 Å². The molecule has 5 heteroatoms. The minimum absolute atomic E-state index is 0.105. The van der Waals surface area contributed by atoms with Crippen molar-refractivity contribution in [3.8, 4) is 11.5 Å². The number of nitrogens with one attached hydrogen (secondary N) is 1. The quantitative estimate of drug-likeness (QED) is 0.636. The number of carbonyl (C=O) groups is 1. The predicted octanol–water partition coefficient (Wildman–Crippen LogP) is 2.70. The van der Waals surface area contributed by atoms with Gasteiger partial charge in [0.05, 0.1) is 6.21 Å². The second-order valence-electron chi connectivity index (χ2n) is 4.62. The summed E-state index contributed by atoms with van der Waals surface area (Å²) in [5.41, 5.74) is 2.95. The molecule has 0 radical (unpaired) electrons. The average Bonchev–Trinajstić information content (AvgIpc) is 2.55. The largest absolute Gasteiger partial charge is 0.507 e. The van der Waals surface area contributed by atoms with Crippen LogP contribution in [-0.2, 0) is 4.79 Å². The summed E-state index contributed by atoms with van der Waals surface area (Å²) in [6.45, 7) is 1.86. The summed E-state index contributed by atoms with van der Waals surface area (Å²) >= 11 is 0. The topological polar surface area (TPSA) is 70.9 Å². The number of hydrogen-bond acceptors (Lipinski definition) is 4. The molecule has 1 unspecified atom stereocenters. The number of benzene rings is 2. The molecule has 1 atom stereocenters. The molecule has 0 bridgehead atoms. The van der Waals surface area contributed by atoms with Gasteiger partial charge in [0.15, 0.2) is 6.10 Å². The molecule has 0 saturated heterocycles. The first kappa shape index (κ1) is 15.6. The van der Waals surface area contributed by atoms with Crippen LogP contribution < -0.4 is 10.2 Å². The lowest BCUT2D eigenvalue weighted by molar-refractivity contribution is -0.128. The van der Waals surface area contributed by atoms with E-state index in [1.807, 2.05) is 25.1 Å². The van der Waals surface area contributed by atoms with Gasteiger partial charge in [-0.05, 0) is 30.7 Å². The number of hydrazone groups is 1. The van der Waals surface area contributed by atoms with Gasteiger partial charge in [0.2, 0.25) is 0 Å². The molecule has 2 rings (SSSR count). The van der Waals surface area contributed by atoms with Gasteiger partial charge in [-0.2, -0.15) is 5.10 Å². The van der Waals surface area contributed by atoms with Gasteiger partial charge in [0.1, 0.15) is 11.5 Å². The summed E-state index contributed by atoms with van der Waals surface area (Å²) < 4.78 is 5.62. The maximum atomic E-state index is 12.0. The molecule has 5 nitrogen and oxygen atoms in total. The molecule has 1 amide bonds. The zero-order valence-electron chi connectivity index (χ0n) is 12.3. The fourth-order valence-corrected chi connectivity index (χ4v) is 1.82. The lowest BCUT2D eigenvalue weighted by Crippen LogP contribution is -2.35. The second-order valence-corrected chi connectivity index (χ2v) is 4.62. The Morgan fingerprint density at radius 1 is 1.23 bits per heavy atom. The molecule has 0 fully saturated rings. The fraction of sp³-hybridized carbons (Fsp3) is 0.176. The summed E-state index contributed by atoms with van der Waals surface area (Å²) in [4.78, 5) is 12.0. The van der Waals surface area contributed by atoms with Crippen LogP contribution in [0.5, 0.6) is 11.5 Å². The van der Waals surface area contributed by atoms with Crippen molar-refractivity contribution in [1.29, 1.82) is 0 Å². The fourth-order valence-electron chi connectivity index (χ4n) is 1.82. The number of ether oxygens (including phenoxy) is 1. The molecule has 0 aliphatic heterocycles. The van der Waals surface area contributed by atoms with E-state index in [0.29, 0.717) is 17.7 Å². The first-order valence-corrected chi connectivity index (χ1v) is 7.03. The zero-order chi connectivity index (χ0) is 15.8. The van der Waals surface area contributed by atoms with Crippen molar-refractivity contribution in [3.63, 3.8) is 0 Å². The molecule has 0 saturated carbocycles. The third-order valence-electron chi connectivity index (χ3n) is 3.00. The Labute approximate surface area is 129 Å². The van der Waals surface area contributed by atoms with Crippen molar-refractivity contribution in [1.82, 2.24) is 5.43 Å². The van der Waals surface area contributed by atoms with Crippen molar-refractivity contribution in [2.24, 2.45) is 5.10 Å². The highest BCUT2D eigenvalue weighted by molar-refractivity contribution is 5.86.